The molecule has 1 aliphatic heterocycles. The second-order valence-corrected chi connectivity index (χ2v) is 6.44. The minimum Gasteiger partial charge on any atom is -0.465 e. The van der Waals surface area contributed by atoms with Gasteiger partial charge in [0, 0.05) is 37.4 Å². The van der Waals surface area contributed by atoms with Crippen LogP contribution in [-0.2, 0) is 0 Å². The molecule has 2 atom stereocenters. The molecule has 0 bridgehead atoms. The Morgan fingerprint density at radius 2 is 2.21 bits per heavy atom. The number of fused-ring (bicyclic) bond motifs is 1. The highest BCUT2D eigenvalue weighted by molar-refractivity contribution is 5.95. The van der Waals surface area contributed by atoms with Crippen molar-refractivity contribution in [3.63, 3.8) is 0 Å². The summed E-state index contributed by atoms with van der Waals surface area (Å²) in [5.74, 6) is 0.382. The number of aromatic nitrogens is 1. The number of benzene rings is 1. The van der Waals surface area contributed by atoms with Crippen LogP contribution in [0.1, 0.15) is 18.9 Å². The number of piperidine rings is 1. The average molecular weight is 324 g/mol. The lowest BCUT2D eigenvalue weighted by atomic mass is 9.94. The smallest absolute Gasteiger partial charge is 0.407 e. The fourth-order valence-electron chi connectivity index (χ4n) is 3.48. The summed E-state index contributed by atoms with van der Waals surface area (Å²) >= 11 is 0. The summed E-state index contributed by atoms with van der Waals surface area (Å²) in [5.41, 5.74) is 2.25. The van der Waals surface area contributed by atoms with E-state index in [1.54, 1.807) is 19.3 Å². The van der Waals surface area contributed by atoms with Crippen LogP contribution >= 0.6 is 0 Å². The molecule has 2 heterocycles. The van der Waals surface area contributed by atoms with Crippen LogP contribution in [0.15, 0.2) is 30.5 Å². The third-order valence-corrected chi connectivity index (χ3v) is 4.69. The number of carboxylic acid groups (broad SMARTS) is 1. The second kappa shape index (κ2) is 6.36. The van der Waals surface area contributed by atoms with Crippen molar-refractivity contribution in [2.75, 3.05) is 25.0 Å². The van der Waals surface area contributed by atoms with E-state index in [4.69, 9.17) is 0 Å². The molecule has 0 aliphatic carbocycles. The molecule has 0 spiro atoms. The van der Waals surface area contributed by atoms with Gasteiger partial charge in [-0.3, -0.25) is 4.98 Å². The predicted molar refractivity (Wildman–Crippen MR) is 92.0 cm³/mol. The Balaban J connectivity index is 2.01. The van der Waals surface area contributed by atoms with Crippen molar-refractivity contribution in [3.05, 3.63) is 36.0 Å². The molecule has 1 saturated heterocycles. The zero-order chi connectivity index (χ0) is 17.3. The van der Waals surface area contributed by atoms with Crippen molar-refractivity contribution in [2.45, 2.75) is 19.4 Å². The van der Waals surface area contributed by atoms with E-state index in [1.165, 1.54) is 4.90 Å². The Hall–Kier alpha value is -2.81. The first-order chi connectivity index (χ1) is 11.5. The molecule has 3 rings (SSSR count). The quantitative estimate of drug-likeness (QED) is 0.918. The maximum atomic E-state index is 11.3. The summed E-state index contributed by atoms with van der Waals surface area (Å²) in [6.45, 7) is 3.64. The van der Waals surface area contributed by atoms with Gasteiger partial charge >= 0.3 is 6.09 Å². The van der Waals surface area contributed by atoms with Crippen molar-refractivity contribution >= 4 is 22.7 Å². The van der Waals surface area contributed by atoms with Gasteiger partial charge in [0.2, 0.25) is 0 Å². The molecule has 6 nitrogen and oxygen atoms in total. The number of pyridine rings is 1. The Morgan fingerprint density at radius 1 is 1.42 bits per heavy atom. The van der Waals surface area contributed by atoms with E-state index in [0.717, 1.165) is 24.0 Å². The van der Waals surface area contributed by atoms with Crippen molar-refractivity contribution in [3.8, 4) is 6.07 Å². The first-order valence-corrected chi connectivity index (χ1v) is 7.99. The van der Waals surface area contributed by atoms with E-state index in [1.807, 2.05) is 18.2 Å². The molecule has 6 heteroatoms. The van der Waals surface area contributed by atoms with E-state index in [9.17, 15) is 15.2 Å². The van der Waals surface area contributed by atoms with Crippen LogP contribution in [0.4, 0.5) is 10.5 Å². The van der Waals surface area contributed by atoms with Crippen molar-refractivity contribution in [1.29, 1.82) is 5.26 Å². The van der Waals surface area contributed by atoms with Gasteiger partial charge < -0.3 is 14.9 Å². The van der Waals surface area contributed by atoms with Crippen LogP contribution in [0.25, 0.3) is 10.9 Å². The Kier molecular flexibility index (Phi) is 4.26. The summed E-state index contributed by atoms with van der Waals surface area (Å²) in [7, 11) is 1.63. The van der Waals surface area contributed by atoms with Gasteiger partial charge in [0.05, 0.1) is 17.1 Å². The third kappa shape index (κ3) is 2.85. The van der Waals surface area contributed by atoms with E-state index < -0.39 is 6.09 Å². The molecule has 24 heavy (non-hydrogen) atoms. The summed E-state index contributed by atoms with van der Waals surface area (Å²) in [6, 6.07) is 9.70. The van der Waals surface area contributed by atoms with E-state index in [2.05, 4.69) is 22.9 Å². The number of anilines is 1. The van der Waals surface area contributed by atoms with Crippen LogP contribution in [0.2, 0.25) is 0 Å². The molecule has 1 N–H and O–H groups in total. The molecule has 1 aromatic heterocycles. The second-order valence-electron chi connectivity index (χ2n) is 6.44. The maximum absolute atomic E-state index is 11.3. The number of hydrogen-bond acceptors (Lipinski definition) is 4. The number of hydrogen-bond donors (Lipinski definition) is 1. The minimum absolute atomic E-state index is 0.0476. The van der Waals surface area contributed by atoms with Gasteiger partial charge in [-0.2, -0.15) is 5.26 Å². The van der Waals surface area contributed by atoms with Crippen molar-refractivity contribution < 1.29 is 9.90 Å². The zero-order valence-corrected chi connectivity index (χ0v) is 13.8. The lowest BCUT2D eigenvalue weighted by molar-refractivity contribution is 0.127. The van der Waals surface area contributed by atoms with Crippen LogP contribution in [0.3, 0.4) is 0 Å². The third-order valence-electron chi connectivity index (χ3n) is 4.69. The standard InChI is InChI=1S/C18H20N4O2/c1-12-8-14(21(2)18(23)24)11-22(10-12)16-6-5-13(9-19)17-15(16)4-3-7-20-17/h3-7,12,14H,8,10-11H2,1-2H3,(H,23,24)/t12-,14+/m0/s1. The Labute approximate surface area is 140 Å². The van der Waals surface area contributed by atoms with Gasteiger partial charge in [-0.25, -0.2) is 4.79 Å². The Morgan fingerprint density at radius 3 is 2.92 bits per heavy atom. The molecule has 0 radical (unpaired) electrons. The molecule has 2 aromatic rings. The molecule has 1 aromatic carbocycles. The zero-order valence-electron chi connectivity index (χ0n) is 13.8. The molecule has 124 valence electrons. The minimum atomic E-state index is -0.902. The summed E-state index contributed by atoms with van der Waals surface area (Å²) in [5, 5.41) is 19.5. The largest absolute Gasteiger partial charge is 0.465 e. The first kappa shape index (κ1) is 16.1. The molecule has 1 fully saturated rings. The summed E-state index contributed by atoms with van der Waals surface area (Å²) < 4.78 is 0. The van der Waals surface area contributed by atoms with Gasteiger partial charge in [0.25, 0.3) is 0 Å². The van der Waals surface area contributed by atoms with Crippen molar-refractivity contribution in [1.82, 2.24) is 9.88 Å². The highest BCUT2D eigenvalue weighted by atomic mass is 16.4. The highest BCUT2D eigenvalue weighted by Crippen LogP contribution is 2.32. The molecule has 0 unspecified atom stereocenters. The summed E-state index contributed by atoms with van der Waals surface area (Å²) in [4.78, 5) is 19.3. The van der Waals surface area contributed by atoms with E-state index in [0.29, 0.717) is 23.5 Å². The highest BCUT2D eigenvalue weighted by Gasteiger charge is 2.30. The number of rotatable bonds is 2. The first-order valence-electron chi connectivity index (χ1n) is 7.99. The van der Waals surface area contributed by atoms with Crippen LogP contribution in [-0.4, -0.2) is 47.3 Å². The summed E-state index contributed by atoms with van der Waals surface area (Å²) in [6.07, 6.45) is 1.64. The monoisotopic (exact) mass is 324 g/mol. The van der Waals surface area contributed by atoms with Gasteiger partial charge in [-0.15, -0.1) is 0 Å². The molecular weight excluding hydrogens is 304 g/mol. The molecular formula is C18H20N4O2. The van der Waals surface area contributed by atoms with Gasteiger partial charge in [0.15, 0.2) is 0 Å². The topological polar surface area (TPSA) is 80.5 Å². The molecule has 1 aliphatic rings. The average Bonchev–Trinajstić information content (AvgIpc) is 2.59. The fraction of sp³-hybridized carbons (Fsp3) is 0.389. The van der Waals surface area contributed by atoms with Gasteiger partial charge in [0.1, 0.15) is 6.07 Å². The lowest BCUT2D eigenvalue weighted by Gasteiger charge is -2.41. The van der Waals surface area contributed by atoms with Crippen LogP contribution in [0, 0.1) is 17.2 Å². The molecule has 1 amide bonds. The normalized spacial score (nSPS) is 20.6. The lowest BCUT2D eigenvalue weighted by Crippen LogP contribution is -2.50. The number of amides is 1. The number of carbonyl (C=O) groups is 1. The number of likely N-dealkylation sites (N-methyl/N-ethyl adjacent to an activating group) is 1. The Bertz CT molecular complexity index is 814. The number of nitrogens with zero attached hydrogens (tertiary/aromatic N) is 4. The fourth-order valence-corrected chi connectivity index (χ4v) is 3.48. The SMILES string of the molecule is C[C@H]1C[C@@H](N(C)C(=O)O)CN(c2ccc(C#N)c3ncccc23)C1. The maximum Gasteiger partial charge on any atom is 0.407 e. The van der Waals surface area contributed by atoms with Crippen molar-refractivity contribution in [2.24, 2.45) is 5.92 Å². The van der Waals surface area contributed by atoms with Gasteiger partial charge in [-0.1, -0.05) is 6.92 Å². The van der Waals surface area contributed by atoms with Crippen LogP contribution < -0.4 is 4.90 Å². The van der Waals surface area contributed by atoms with E-state index >= 15 is 0 Å². The predicted octanol–water partition coefficient (Wildman–Crippen LogP) is 2.93. The number of nitriles is 1. The molecule has 0 saturated carbocycles. The van der Waals surface area contributed by atoms with Crippen LogP contribution in [0.5, 0.6) is 0 Å². The van der Waals surface area contributed by atoms with Gasteiger partial charge in [-0.05, 0) is 36.6 Å². The van der Waals surface area contributed by atoms with E-state index in [-0.39, 0.29) is 6.04 Å².